The Bertz CT molecular complexity index is 784. The molecule has 0 spiro atoms. The predicted octanol–water partition coefficient (Wildman–Crippen LogP) is 4.39. The zero-order chi connectivity index (χ0) is 20.0. The van der Waals surface area contributed by atoms with E-state index in [0.717, 1.165) is 24.0 Å². The number of methoxy groups -OCH3 is 2. The monoisotopic (exact) mass is 372 g/mol. The molecule has 27 heavy (non-hydrogen) atoms. The number of carbonyl (C=O) groups is 1. The molecule has 0 fully saturated rings. The maximum absolute atomic E-state index is 11.3. The maximum Gasteiger partial charge on any atom is 0.308 e. The number of esters is 1. The van der Waals surface area contributed by atoms with Crippen molar-refractivity contribution in [3.8, 4) is 23.0 Å². The molecule has 0 bridgehead atoms. The number of phenolic OH excluding ortho intramolecular Hbond substituents is 1. The molecule has 0 aliphatic carbocycles. The van der Waals surface area contributed by atoms with Gasteiger partial charge in [-0.2, -0.15) is 0 Å². The minimum Gasteiger partial charge on any atom is -0.504 e. The second kappa shape index (κ2) is 9.31. The molecule has 2 aromatic rings. The van der Waals surface area contributed by atoms with Crippen LogP contribution in [0.25, 0.3) is 0 Å². The van der Waals surface area contributed by atoms with Crippen LogP contribution in [0.15, 0.2) is 36.4 Å². The number of carbonyl (C=O) groups excluding carboxylic acids is 1. The number of hydrogen-bond acceptors (Lipinski definition) is 5. The topological polar surface area (TPSA) is 65.0 Å². The zero-order valence-electron chi connectivity index (χ0n) is 16.6. The summed E-state index contributed by atoms with van der Waals surface area (Å²) < 4.78 is 15.6. The molecule has 0 aromatic heterocycles. The minimum absolute atomic E-state index is 0.163. The number of aromatic hydroxyl groups is 1. The molecule has 0 aliphatic heterocycles. The van der Waals surface area contributed by atoms with Gasteiger partial charge in [0.1, 0.15) is 0 Å². The second-order valence-electron chi connectivity index (χ2n) is 6.95. The van der Waals surface area contributed by atoms with Gasteiger partial charge in [0, 0.05) is 6.92 Å². The van der Waals surface area contributed by atoms with Crippen LogP contribution < -0.4 is 14.2 Å². The van der Waals surface area contributed by atoms with E-state index in [1.807, 2.05) is 24.3 Å². The normalized spacial score (nSPS) is 12.9. The first-order valence-corrected chi connectivity index (χ1v) is 9.05. The van der Waals surface area contributed by atoms with Gasteiger partial charge in [-0.3, -0.25) is 4.79 Å². The number of phenols is 1. The van der Waals surface area contributed by atoms with Gasteiger partial charge >= 0.3 is 5.97 Å². The highest BCUT2D eigenvalue weighted by Gasteiger charge is 2.16. The third kappa shape index (κ3) is 5.64. The lowest BCUT2D eigenvalue weighted by Crippen LogP contribution is -2.14. The minimum atomic E-state index is -0.369. The third-order valence-corrected chi connectivity index (χ3v) is 4.81. The highest BCUT2D eigenvalue weighted by molar-refractivity contribution is 5.70. The molecule has 0 saturated carbocycles. The van der Waals surface area contributed by atoms with Gasteiger partial charge in [0.25, 0.3) is 0 Å². The average molecular weight is 372 g/mol. The molecule has 5 heteroatoms. The Morgan fingerprint density at radius 2 is 1.41 bits per heavy atom. The summed E-state index contributed by atoms with van der Waals surface area (Å²) in [5.74, 6) is 2.06. The van der Waals surface area contributed by atoms with Crippen LogP contribution in [0.1, 0.15) is 31.9 Å². The van der Waals surface area contributed by atoms with Gasteiger partial charge in [-0.1, -0.05) is 26.0 Å². The van der Waals surface area contributed by atoms with Crippen LogP contribution in [-0.2, 0) is 17.6 Å². The SMILES string of the molecule is COc1ccc(CC(C)C(C)Cc2ccc(OC)c(OC(C)=O)c2)cc1O. The number of rotatable bonds is 8. The van der Waals surface area contributed by atoms with Crippen molar-refractivity contribution in [1.29, 1.82) is 0 Å². The molecule has 0 heterocycles. The van der Waals surface area contributed by atoms with Gasteiger partial charge < -0.3 is 19.3 Å². The third-order valence-electron chi connectivity index (χ3n) is 4.81. The van der Waals surface area contributed by atoms with E-state index in [1.54, 1.807) is 26.4 Å². The summed E-state index contributed by atoms with van der Waals surface area (Å²) in [6, 6.07) is 11.2. The Morgan fingerprint density at radius 3 is 1.89 bits per heavy atom. The molecular formula is C22H28O5. The molecule has 146 valence electrons. The zero-order valence-corrected chi connectivity index (χ0v) is 16.6. The van der Waals surface area contributed by atoms with Crippen molar-refractivity contribution in [2.24, 2.45) is 11.8 Å². The first kappa shape index (κ1) is 20.6. The molecule has 0 amide bonds. The lowest BCUT2D eigenvalue weighted by molar-refractivity contribution is -0.132. The summed E-state index contributed by atoms with van der Waals surface area (Å²) in [6.07, 6.45) is 1.70. The molecule has 2 unspecified atom stereocenters. The number of benzene rings is 2. The van der Waals surface area contributed by atoms with Crippen LogP contribution in [0.3, 0.4) is 0 Å². The van der Waals surface area contributed by atoms with Gasteiger partial charge in [0.15, 0.2) is 23.0 Å². The first-order chi connectivity index (χ1) is 12.8. The van der Waals surface area contributed by atoms with Crippen molar-refractivity contribution in [1.82, 2.24) is 0 Å². The van der Waals surface area contributed by atoms with E-state index in [2.05, 4.69) is 13.8 Å². The Hall–Kier alpha value is -2.69. The van der Waals surface area contributed by atoms with Crippen molar-refractivity contribution < 1.29 is 24.1 Å². The molecule has 0 saturated heterocycles. The van der Waals surface area contributed by atoms with Crippen LogP contribution in [0.4, 0.5) is 0 Å². The van der Waals surface area contributed by atoms with Crippen molar-refractivity contribution in [2.45, 2.75) is 33.6 Å². The van der Waals surface area contributed by atoms with Gasteiger partial charge in [-0.25, -0.2) is 0 Å². The van der Waals surface area contributed by atoms with E-state index >= 15 is 0 Å². The van der Waals surface area contributed by atoms with Crippen LogP contribution in [0.5, 0.6) is 23.0 Å². The summed E-state index contributed by atoms with van der Waals surface area (Å²) >= 11 is 0. The Balaban J connectivity index is 2.06. The van der Waals surface area contributed by atoms with E-state index in [4.69, 9.17) is 14.2 Å². The summed E-state index contributed by atoms with van der Waals surface area (Å²) in [7, 11) is 3.09. The molecule has 2 atom stereocenters. The van der Waals surface area contributed by atoms with Crippen LogP contribution in [0.2, 0.25) is 0 Å². The molecule has 2 rings (SSSR count). The molecule has 5 nitrogen and oxygen atoms in total. The van der Waals surface area contributed by atoms with Gasteiger partial charge in [0.2, 0.25) is 0 Å². The average Bonchev–Trinajstić information content (AvgIpc) is 2.61. The standard InChI is InChI=1S/C22H28O5/c1-14(10-17-6-8-20(25-4)19(24)12-17)15(2)11-18-7-9-21(26-5)22(13-18)27-16(3)23/h6-9,12-15,24H,10-11H2,1-5H3. The summed E-state index contributed by atoms with van der Waals surface area (Å²) in [4.78, 5) is 11.3. The van der Waals surface area contributed by atoms with Gasteiger partial charge in [0.05, 0.1) is 14.2 Å². The van der Waals surface area contributed by atoms with Crippen molar-refractivity contribution >= 4 is 5.97 Å². The van der Waals surface area contributed by atoms with Gasteiger partial charge in [-0.15, -0.1) is 0 Å². The second-order valence-corrected chi connectivity index (χ2v) is 6.95. The lowest BCUT2D eigenvalue weighted by Gasteiger charge is -2.21. The largest absolute Gasteiger partial charge is 0.504 e. The molecule has 0 radical (unpaired) electrons. The van der Waals surface area contributed by atoms with E-state index in [-0.39, 0.29) is 11.7 Å². The lowest BCUT2D eigenvalue weighted by atomic mass is 9.85. The van der Waals surface area contributed by atoms with E-state index in [1.165, 1.54) is 6.92 Å². The Morgan fingerprint density at radius 1 is 0.889 bits per heavy atom. The fourth-order valence-electron chi connectivity index (χ4n) is 3.09. The molecule has 1 N–H and O–H groups in total. The smallest absolute Gasteiger partial charge is 0.308 e. The summed E-state index contributed by atoms with van der Waals surface area (Å²) in [5.41, 5.74) is 2.16. The highest BCUT2D eigenvalue weighted by atomic mass is 16.6. The fourth-order valence-corrected chi connectivity index (χ4v) is 3.09. The quantitative estimate of drug-likeness (QED) is 0.550. The van der Waals surface area contributed by atoms with E-state index in [0.29, 0.717) is 29.1 Å². The number of hydrogen-bond donors (Lipinski definition) is 1. The molecular weight excluding hydrogens is 344 g/mol. The first-order valence-electron chi connectivity index (χ1n) is 9.05. The summed E-state index contributed by atoms with van der Waals surface area (Å²) in [6.45, 7) is 5.77. The van der Waals surface area contributed by atoms with Crippen LogP contribution in [0, 0.1) is 11.8 Å². The maximum atomic E-state index is 11.3. The molecule has 2 aromatic carbocycles. The fraction of sp³-hybridized carbons (Fsp3) is 0.409. The van der Waals surface area contributed by atoms with Crippen molar-refractivity contribution in [2.75, 3.05) is 14.2 Å². The predicted molar refractivity (Wildman–Crippen MR) is 105 cm³/mol. The number of ether oxygens (including phenoxy) is 3. The van der Waals surface area contributed by atoms with Crippen molar-refractivity contribution in [3.05, 3.63) is 47.5 Å². The van der Waals surface area contributed by atoms with Crippen LogP contribution >= 0.6 is 0 Å². The summed E-state index contributed by atoms with van der Waals surface area (Å²) in [5, 5.41) is 9.95. The Kier molecular flexibility index (Phi) is 7.11. The van der Waals surface area contributed by atoms with Crippen molar-refractivity contribution in [3.63, 3.8) is 0 Å². The van der Waals surface area contributed by atoms with Gasteiger partial charge in [-0.05, 0) is 60.1 Å². The van der Waals surface area contributed by atoms with E-state index < -0.39 is 0 Å². The van der Waals surface area contributed by atoms with Crippen LogP contribution in [-0.4, -0.2) is 25.3 Å². The van der Waals surface area contributed by atoms with E-state index in [9.17, 15) is 9.90 Å². The highest BCUT2D eigenvalue weighted by Crippen LogP contribution is 2.31. The molecule has 0 aliphatic rings. The Labute approximate surface area is 160 Å².